The minimum absolute atomic E-state index is 0.160. The zero-order valence-corrected chi connectivity index (χ0v) is 21.9. The third-order valence-electron chi connectivity index (χ3n) is 5.69. The molecule has 0 spiro atoms. The zero-order chi connectivity index (χ0) is 27.8. The largest absolute Gasteiger partial charge is 0.497 e. The molecule has 4 aromatic rings. The summed E-state index contributed by atoms with van der Waals surface area (Å²) in [6, 6.07) is 27.1. The lowest BCUT2D eigenvalue weighted by atomic mass is 10.1. The third kappa shape index (κ3) is 6.93. The van der Waals surface area contributed by atoms with Gasteiger partial charge in [-0.05, 0) is 48.0 Å². The van der Waals surface area contributed by atoms with Crippen LogP contribution in [0.1, 0.15) is 21.2 Å². The minimum Gasteiger partial charge on any atom is -0.497 e. The second-order valence-corrected chi connectivity index (χ2v) is 9.43. The Morgan fingerprint density at radius 1 is 0.846 bits per heavy atom. The molecule has 0 radical (unpaired) electrons. The molecular weight excluding hydrogens is 518 g/mol. The van der Waals surface area contributed by atoms with Crippen LogP contribution in [0.15, 0.2) is 102 Å². The Morgan fingerprint density at radius 3 is 2.26 bits per heavy atom. The van der Waals surface area contributed by atoms with Gasteiger partial charge in [0.25, 0.3) is 11.6 Å². The summed E-state index contributed by atoms with van der Waals surface area (Å²) in [7, 11) is 3.08. The maximum Gasteiger partial charge on any atom is 0.270 e. The smallest absolute Gasteiger partial charge is 0.270 e. The average Bonchev–Trinajstić information content (AvgIpc) is 2.97. The summed E-state index contributed by atoms with van der Waals surface area (Å²) in [4.78, 5) is 37.3. The molecule has 4 rings (SSSR count). The Morgan fingerprint density at radius 2 is 1.59 bits per heavy atom. The van der Waals surface area contributed by atoms with Crippen molar-refractivity contribution in [2.75, 3.05) is 24.9 Å². The molecule has 2 N–H and O–H groups in total. The van der Waals surface area contributed by atoms with Crippen molar-refractivity contribution in [3.8, 4) is 11.5 Å². The fourth-order valence-electron chi connectivity index (χ4n) is 3.72. The number of anilines is 2. The number of nitro benzene ring substituents is 1. The SMILES string of the molecule is COc1ccc(NC(=O)C(Sc2ccc(NC(=O)c3cccc([N+](=O)[O-])c3)cc2)c2ccccc2)c(OC)c1. The van der Waals surface area contributed by atoms with Crippen LogP contribution in [0, 0.1) is 10.1 Å². The molecule has 0 fully saturated rings. The first-order chi connectivity index (χ1) is 18.9. The van der Waals surface area contributed by atoms with Gasteiger partial charge in [-0.3, -0.25) is 19.7 Å². The van der Waals surface area contributed by atoms with E-state index in [9.17, 15) is 19.7 Å². The standard InChI is InChI=1S/C29H25N3O6S/c1-37-23-13-16-25(26(18-23)38-2)31-29(34)27(19-7-4-3-5-8-19)39-24-14-11-21(12-15-24)30-28(33)20-9-6-10-22(17-20)32(35)36/h3-18,27H,1-2H3,(H,30,33)(H,31,34). The van der Waals surface area contributed by atoms with Crippen molar-refractivity contribution < 1.29 is 24.0 Å². The molecule has 0 bridgehead atoms. The maximum atomic E-state index is 13.5. The van der Waals surface area contributed by atoms with E-state index < -0.39 is 16.1 Å². The third-order valence-corrected chi connectivity index (χ3v) is 6.96. The first kappa shape index (κ1) is 27.2. The molecule has 0 aliphatic carbocycles. The Kier molecular flexibility index (Phi) is 8.80. The highest BCUT2D eigenvalue weighted by Crippen LogP contribution is 2.38. The minimum atomic E-state index is -0.580. The molecule has 2 amide bonds. The van der Waals surface area contributed by atoms with Crippen LogP contribution in [0.25, 0.3) is 0 Å². The fourth-order valence-corrected chi connectivity index (χ4v) is 4.74. The molecule has 0 aromatic heterocycles. The number of thioether (sulfide) groups is 1. The Bertz CT molecular complexity index is 1480. The van der Waals surface area contributed by atoms with Gasteiger partial charge in [-0.1, -0.05) is 36.4 Å². The van der Waals surface area contributed by atoms with Gasteiger partial charge in [0.1, 0.15) is 16.7 Å². The molecule has 198 valence electrons. The fraction of sp³-hybridized carbons (Fsp3) is 0.103. The van der Waals surface area contributed by atoms with Gasteiger partial charge in [0.2, 0.25) is 5.91 Å². The number of carbonyl (C=O) groups excluding carboxylic acids is 2. The number of benzene rings is 4. The number of nitrogens with zero attached hydrogens (tertiary/aromatic N) is 1. The number of amides is 2. The van der Waals surface area contributed by atoms with Gasteiger partial charge in [0, 0.05) is 34.3 Å². The van der Waals surface area contributed by atoms with Crippen molar-refractivity contribution >= 4 is 40.6 Å². The van der Waals surface area contributed by atoms with Crippen molar-refractivity contribution in [3.05, 3.63) is 118 Å². The Balaban J connectivity index is 1.50. The molecule has 10 heteroatoms. The highest BCUT2D eigenvalue weighted by molar-refractivity contribution is 8.00. The number of methoxy groups -OCH3 is 2. The molecule has 1 atom stereocenters. The van der Waals surface area contributed by atoms with Crippen molar-refractivity contribution in [3.63, 3.8) is 0 Å². The van der Waals surface area contributed by atoms with Crippen LogP contribution in [0.2, 0.25) is 0 Å². The number of hydrogen-bond donors (Lipinski definition) is 2. The van der Waals surface area contributed by atoms with Gasteiger partial charge in [0.15, 0.2) is 0 Å². The van der Waals surface area contributed by atoms with Gasteiger partial charge in [0.05, 0.1) is 24.8 Å². The normalized spacial score (nSPS) is 11.2. The molecule has 1 unspecified atom stereocenters. The van der Waals surface area contributed by atoms with E-state index in [1.807, 2.05) is 30.3 Å². The summed E-state index contributed by atoms with van der Waals surface area (Å²) in [6.45, 7) is 0. The van der Waals surface area contributed by atoms with Crippen LogP contribution in [0.4, 0.5) is 17.1 Å². The van der Waals surface area contributed by atoms with E-state index in [0.29, 0.717) is 22.9 Å². The van der Waals surface area contributed by atoms with E-state index >= 15 is 0 Å². The van der Waals surface area contributed by atoms with Crippen molar-refractivity contribution in [2.45, 2.75) is 10.1 Å². The summed E-state index contributed by atoms with van der Waals surface area (Å²) < 4.78 is 10.7. The summed E-state index contributed by atoms with van der Waals surface area (Å²) in [5, 5.41) is 16.1. The number of ether oxygens (including phenoxy) is 2. The highest BCUT2D eigenvalue weighted by atomic mass is 32.2. The molecule has 0 heterocycles. The summed E-state index contributed by atoms with van der Waals surface area (Å²) >= 11 is 1.35. The van der Waals surface area contributed by atoms with Gasteiger partial charge in [-0.2, -0.15) is 0 Å². The van der Waals surface area contributed by atoms with Gasteiger partial charge < -0.3 is 20.1 Å². The lowest BCUT2D eigenvalue weighted by Gasteiger charge is -2.19. The second kappa shape index (κ2) is 12.6. The van der Waals surface area contributed by atoms with E-state index in [4.69, 9.17) is 9.47 Å². The van der Waals surface area contributed by atoms with Crippen LogP contribution in [-0.2, 0) is 4.79 Å². The van der Waals surface area contributed by atoms with E-state index in [-0.39, 0.29) is 17.2 Å². The van der Waals surface area contributed by atoms with Gasteiger partial charge in [-0.25, -0.2) is 0 Å². The summed E-state index contributed by atoms with van der Waals surface area (Å²) in [5.41, 5.74) is 1.86. The number of non-ortho nitro benzene ring substituents is 1. The maximum absolute atomic E-state index is 13.5. The van der Waals surface area contributed by atoms with Crippen molar-refractivity contribution in [2.24, 2.45) is 0 Å². The Hall–Kier alpha value is -4.83. The number of nitro groups is 1. The van der Waals surface area contributed by atoms with Crippen molar-refractivity contribution in [1.82, 2.24) is 0 Å². The summed E-state index contributed by atoms with van der Waals surface area (Å²) in [5.74, 6) is 0.381. The Labute approximate surface area is 229 Å². The molecule has 39 heavy (non-hydrogen) atoms. The number of carbonyl (C=O) groups is 2. The summed E-state index contributed by atoms with van der Waals surface area (Å²) in [6.07, 6.45) is 0. The molecular formula is C29H25N3O6S. The van der Waals surface area contributed by atoms with Crippen LogP contribution < -0.4 is 20.1 Å². The van der Waals surface area contributed by atoms with Gasteiger partial charge in [-0.15, -0.1) is 11.8 Å². The number of rotatable bonds is 10. The number of hydrogen-bond acceptors (Lipinski definition) is 7. The van der Waals surface area contributed by atoms with Crippen LogP contribution in [0.3, 0.4) is 0 Å². The monoisotopic (exact) mass is 543 g/mol. The molecule has 0 saturated heterocycles. The first-order valence-electron chi connectivity index (χ1n) is 11.8. The van der Waals surface area contributed by atoms with E-state index in [2.05, 4.69) is 10.6 Å². The van der Waals surface area contributed by atoms with Crippen LogP contribution in [-0.4, -0.2) is 31.0 Å². The molecule has 0 saturated carbocycles. The van der Waals surface area contributed by atoms with Crippen LogP contribution in [0.5, 0.6) is 11.5 Å². The second-order valence-electron chi connectivity index (χ2n) is 8.25. The predicted molar refractivity (Wildman–Crippen MR) is 151 cm³/mol. The van der Waals surface area contributed by atoms with Gasteiger partial charge >= 0.3 is 0 Å². The zero-order valence-electron chi connectivity index (χ0n) is 21.1. The van der Waals surface area contributed by atoms with E-state index in [0.717, 1.165) is 10.5 Å². The molecule has 9 nitrogen and oxygen atoms in total. The average molecular weight is 544 g/mol. The van der Waals surface area contributed by atoms with Crippen molar-refractivity contribution in [1.29, 1.82) is 0 Å². The lowest BCUT2D eigenvalue weighted by molar-refractivity contribution is -0.384. The topological polar surface area (TPSA) is 120 Å². The van der Waals surface area contributed by atoms with Crippen LogP contribution >= 0.6 is 11.8 Å². The molecule has 0 aliphatic rings. The first-order valence-corrected chi connectivity index (χ1v) is 12.7. The quantitative estimate of drug-likeness (QED) is 0.136. The lowest BCUT2D eigenvalue weighted by Crippen LogP contribution is -2.19. The van der Waals surface area contributed by atoms with E-state index in [1.54, 1.807) is 49.6 Å². The van der Waals surface area contributed by atoms with E-state index in [1.165, 1.54) is 43.1 Å². The molecule has 4 aromatic carbocycles. The number of nitrogens with one attached hydrogen (secondary N) is 2. The highest BCUT2D eigenvalue weighted by Gasteiger charge is 2.23. The predicted octanol–water partition coefficient (Wildman–Crippen LogP) is 6.34. The molecule has 0 aliphatic heterocycles.